The summed E-state index contributed by atoms with van der Waals surface area (Å²) in [4.78, 5) is 25.5. The van der Waals surface area contributed by atoms with E-state index in [1.54, 1.807) is 0 Å². The molecular formula is C14H26N2O2. The predicted octanol–water partition coefficient (Wildman–Crippen LogP) is 1.94. The maximum Gasteiger partial charge on any atom is 0.247 e. The molecule has 0 spiro atoms. The van der Waals surface area contributed by atoms with Crippen LogP contribution < -0.4 is 5.32 Å². The Hall–Kier alpha value is -0.900. The highest BCUT2D eigenvalue weighted by atomic mass is 16.2. The van der Waals surface area contributed by atoms with Crippen molar-refractivity contribution in [1.29, 1.82) is 0 Å². The first-order valence-corrected chi connectivity index (χ1v) is 6.80. The molecule has 1 rings (SSSR count). The van der Waals surface area contributed by atoms with Crippen LogP contribution in [0.1, 0.15) is 54.4 Å². The zero-order chi connectivity index (χ0) is 14.1. The molecule has 1 N–H and O–H groups in total. The fraction of sp³-hybridized carbons (Fsp3) is 0.857. The fourth-order valence-corrected chi connectivity index (χ4v) is 1.98. The van der Waals surface area contributed by atoms with Crippen molar-refractivity contribution in [2.24, 2.45) is 5.41 Å². The summed E-state index contributed by atoms with van der Waals surface area (Å²) in [6.45, 7) is 12.3. The molecule has 0 aromatic rings. The summed E-state index contributed by atoms with van der Waals surface area (Å²) in [6, 6.07) is -0.154. The van der Waals surface area contributed by atoms with Gasteiger partial charge in [-0.15, -0.1) is 0 Å². The highest BCUT2D eigenvalue weighted by Gasteiger charge is 2.41. The van der Waals surface area contributed by atoms with E-state index in [-0.39, 0.29) is 35.4 Å². The lowest BCUT2D eigenvalue weighted by Gasteiger charge is -2.30. The molecule has 2 amide bonds. The van der Waals surface area contributed by atoms with Crippen molar-refractivity contribution in [2.75, 3.05) is 0 Å². The molecule has 3 atom stereocenters. The van der Waals surface area contributed by atoms with Gasteiger partial charge in [-0.05, 0) is 25.7 Å². The molecule has 1 heterocycles. The summed E-state index contributed by atoms with van der Waals surface area (Å²) in [5, 5.41) is 3.30. The molecule has 0 aliphatic carbocycles. The van der Waals surface area contributed by atoms with Crippen molar-refractivity contribution in [3.05, 3.63) is 0 Å². The van der Waals surface area contributed by atoms with Crippen LogP contribution in [0.3, 0.4) is 0 Å². The largest absolute Gasteiger partial charge is 0.302 e. The number of imide groups is 1. The number of rotatable bonds is 4. The second-order valence-corrected chi connectivity index (χ2v) is 6.37. The Kier molecular flexibility index (Phi) is 4.54. The van der Waals surface area contributed by atoms with Crippen LogP contribution in [-0.2, 0) is 9.59 Å². The van der Waals surface area contributed by atoms with E-state index < -0.39 is 0 Å². The van der Waals surface area contributed by atoms with Crippen molar-refractivity contribution in [3.63, 3.8) is 0 Å². The Bertz CT molecular complexity index is 333. The first kappa shape index (κ1) is 15.2. The third kappa shape index (κ3) is 3.10. The van der Waals surface area contributed by atoms with Crippen LogP contribution in [0.5, 0.6) is 0 Å². The molecule has 0 aromatic heterocycles. The summed E-state index contributed by atoms with van der Waals surface area (Å²) >= 11 is 0. The first-order chi connectivity index (χ1) is 8.18. The van der Waals surface area contributed by atoms with Gasteiger partial charge in [-0.25, -0.2) is 0 Å². The fourth-order valence-electron chi connectivity index (χ4n) is 1.98. The van der Waals surface area contributed by atoms with E-state index in [0.717, 1.165) is 6.42 Å². The molecule has 1 aliphatic rings. The van der Waals surface area contributed by atoms with Crippen LogP contribution in [0.4, 0.5) is 0 Å². The minimum absolute atomic E-state index is 0.00161. The number of hydrogen-bond acceptors (Lipinski definition) is 3. The van der Waals surface area contributed by atoms with Crippen molar-refractivity contribution < 1.29 is 9.59 Å². The average molecular weight is 254 g/mol. The number of carbonyl (C=O) groups excluding carboxylic acids is 2. The second-order valence-electron chi connectivity index (χ2n) is 6.37. The van der Waals surface area contributed by atoms with Crippen LogP contribution in [0.25, 0.3) is 0 Å². The molecule has 0 saturated carbocycles. The zero-order valence-electron chi connectivity index (χ0n) is 12.4. The van der Waals surface area contributed by atoms with Gasteiger partial charge in [0.1, 0.15) is 0 Å². The van der Waals surface area contributed by atoms with Crippen LogP contribution in [0.2, 0.25) is 0 Å². The molecule has 0 radical (unpaired) electrons. The maximum atomic E-state index is 12.2. The molecule has 104 valence electrons. The Balaban J connectivity index is 2.72. The van der Waals surface area contributed by atoms with Gasteiger partial charge >= 0.3 is 0 Å². The number of carbonyl (C=O) groups is 2. The van der Waals surface area contributed by atoms with Crippen LogP contribution >= 0.6 is 0 Å². The highest BCUT2D eigenvalue weighted by molar-refractivity contribution is 6.05. The maximum absolute atomic E-state index is 12.2. The lowest BCUT2D eigenvalue weighted by molar-refractivity contribution is -0.141. The van der Waals surface area contributed by atoms with Gasteiger partial charge in [0, 0.05) is 12.1 Å². The van der Waals surface area contributed by atoms with Crippen molar-refractivity contribution in [3.8, 4) is 0 Å². The average Bonchev–Trinajstić information content (AvgIpc) is 2.52. The SMILES string of the molecule is CCC(C)N1C(=O)CC(NC(C)C(C)(C)C)C1=O. The van der Waals surface area contributed by atoms with Crippen molar-refractivity contribution >= 4 is 11.8 Å². The molecule has 18 heavy (non-hydrogen) atoms. The highest BCUT2D eigenvalue weighted by Crippen LogP contribution is 2.23. The first-order valence-electron chi connectivity index (χ1n) is 6.80. The van der Waals surface area contributed by atoms with Gasteiger partial charge in [-0.2, -0.15) is 0 Å². The van der Waals surface area contributed by atoms with E-state index >= 15 is 0 Å². The van der Waals surface area contributed by atoms with Crippen molar-refractivity contribution in [1.82, 2.24) is 10.2 Å². The Morgan fingerprint density at radius 1 is 1.33 bits per heavy atom. The molecular weight excluding hydrogens is 228 g/mol. The topological polar surface area (TPSA) is 49.4 Å². The van der Waals surface area contributed by atoms with Gasteiger partial charge in [0.25, 0.3) is 0 Å². The van der Waals surface area contributed by atoms with Gasteiger partial charge < -0.3 is 5.32 Å². The normalized spacial score (nSPS) is 24.6. The number of hydrogen-bond donors (Lipinski definition) is 1. The lowest BCUT2D eigenvalue weighted by atomic mass is 9.87. The summed E-state index contributed by atoms with van der Waals surface area (Å²) in [7, 11) is 0. The smallest absolute Gasteiger partial charge is 0.247 e. The quantitative estimate of drug-likeness (QED) is 0.780. The summed E-state index contributed by atoms with van der Waals surface area (Å²) in [6.07, 6.45) is 1.10. The second kappa shape index (κ2) is 5.39. The number of nitrogens with zero attached hydrogens (tertiary/aromatic N) is 1. The van der Waals surface area contributed by atoms with E-state index in [1.165, 1.54) is 4.90 Å². The van der Waals surface area contributed by atoms with Crippen molar-refractivity contribution in [2.45, 2.75) is 72.5 Å². The Morgan fingerprint density at radius 2 is 1.89 bits per heavy atom. The minimum Gasteiger partial charge on any atom is -0.302 e. The lowest BCUT2D eigenvalue weighted by Crippen LogP contribution is -2.48. The molecule has 0 bridgehead atoms. The van der Waals surface area contributed by atoms with E-state index in [1.807, 2.05) is 13.8 Å². The third-order valence-electron chi connectivity index (χ3n) is 3.96. The zero-order valence-corrected chi connectivity index (χ0v) is 12.4. The van der Waals surface area contributed by atoms with Crippen LogP contribution in [0, 0.1) is 5.41 Å². The summed E-state index contributed by atoms with van der Waals surface area (Å²) < 4.78 is 0. The van der Waals surface area contributed by atoms with E-state index in [0.29, 0.717) is 6.42 Å². The van der Waals surface area contributed by atoms with E-state index in [4.69, 9.17) is 0 Å². The third-order valence-corrected chi connectivity index (χ3v) is 3.96. The number of amides is 2. The van der Waals surface area contributed by atoms with Gasteiger partial charge in [-0.1, -0.05) is 27.7 Å². The monoisotopic (exact) mass is 254 g/mol. The van der Waals surface area contributed by atoms with Gasteiger partial charge in [0.15, 0.2) is 0 Å². The Labute approximate surface area is 110 Å². The van der Waals surface area contributed by atoms with E-state index in [9.17, 15) is 9.59 Å². The molecule has 1 saturated heterocycles. The molecule has 4 nitrogen and oxygen atoms in total. The molecule has 1 fully saturated rings. The molecule has 0 aromatic carbocycles. The molecule has 3 unspecified atom stereocenters. The van der Waals surface area contributed by atoms with Gasteiger partial charge in [0.2, 0.25) is 11.8 Å². The summed E-state index contributed by atoms with van der Waals surface area (Å²) in [5.74, 6) is -0.113. The van der Waals surface area contributed by atoms with Crippen LogP contribution in [0.15, 0.2) is 0 Å². The van der Waals surface area contributed by atoms with E-state index in [2.05, 4.69) is 33.0 Å². The van der Waals surface area contributed by atoms with Gasteiger partial charge in [-0.3, -0.25) is 14.5 Å². The number of nitrogens with one attached hydrogen (secondary N) is 1. The van der Waals surface area contributed by atoms with Gasteiger partial charge in [0.05, 0.1) is 12.5 Å². The Morgan fingerprint density at radius 3 is 2.33 bits per heavy atom. The molecule has 1 aliphatic heterocycles. The van der Waals surface area contributed by atoms with Crippen LogP contribution in [-0.4, -0.2) is 34.8 Å². The predicted molar refractivity (Wildman–Crippen MR) is 72.1 cm³/mol. The number of likely N-dealkylation sites (tertiary alicyclic amines) is 1. The summed E-state index contributed by atoms with van der Waals surface area (Å²) in [5.41, 5.74) is 0.0765. The standard InChI is InChI=1S/C14H26N2O2/c1-7-9(2)16-12(17)8-11(13(16)18)15-10(3)14(4,5)6/h9-11,15H,7-8H2,1-6H3. The molecule has 4 heteroatoms. The minimum atomic E-state index is -0.347.